The van der Waals surface area contributed by atoms with Crippen molar-refractivity contribution >= 4 is 5.97 Å². The van der Waals surface area contributed by atoms with Crippen LogP contribution in [0.1, 0.15) is 90.4 Å². The van der Waals surface area contributed by atoms with Crippen LogP contribution in [0.5, 0.6) is 0 Å². The molecule has 25 heavy (non-hydrogen) atoms. The van der Waals surface area contributed by atoms with Crippen molar-refractivity contribution in [1.82, 2.24) is 0 Å². The van der Waals surface area contributed by atoms with E-state index >= 15 is 0 Å². The molecule has 144 valence electrons. The van der Waals surface area contributed by atoms with E-state index in [0.29, 0.717) is 0 Å². The van der Waals surface area contributed by atoms with E-state index in [1.807, 2.05) is 12.2 Å². The van der Waals surface area contributed by atoms with Crippen LogP contribution < -0.4 is 0 Å². The minimum absolute atomic E-state index is 0.0768. The van der Waals surface area contributed by atoms with Crippen LogP contribution in [0.2, 0.25) is 0 Å². The van der Waals surface area contributed by atoms with Gasteiger partial charge in [-0.2, -0.15) is 0 Å². The van der Waals surface area contributed by atoms with Crippen LogP contribution in [-0.2, 0) is 4.79 Å². The molecule has 0 aliphatic rings. The Morgan fingerprint density at radius 1 is 0.800 bits per heavy atom. The van der Waals surface area contributed by atoms with Gasteiger partial charge < -0.3 is 10.2 Å². The molecule has 3 heteroatoms. The minimum atomic E-state index is -0.920. The smallest absolute Gasteiger partial charge is 0.328 e. The first-order valence-electron chi connectivity index (χ1n) is 10.1. The zero-order valence-corrected chi connectivity index (χ0v) is 16.0. The molecule has 0 aromatic heterocycles. The maximum Gasteiger partial charge on any atom is 0.328 e. The molecule has 0 aromatic rings. The first-order valence-corrected chi connectivity index (χ1v) is 10.1. The van der Waals surface area contributed by atoms with Gasteiger partial charge in [0.25, 0.3) is 0 Å². The summed E-state index contributed by atoms with van der Waals surface area (Å²) in [6, 6.07) is 0. The van der Waals surface area contributed by atoms with E-state index in [0.717, 1.165) is 25.3 Å². The number of rotatable bonds is 17. The fourth-order valence-corrected chi connectivity index (χ4v) is 2.74. The molecular formula is C22H38O3. The van der Waals surface area contributed by atoms with Gasteiger partial charge in [0.1, 0.15) is 0 Å². The summed E-state index contributed by atoms with van der Waals surface area (Å²) in [6.07, 6.45) is 25.7. The summed E-state index contributed by atoms with van der Waals surface area (Å²) in [4.78, 5) is 10.2. The summed E-state index contributed by atoms with van der Waals surface area (Å²) >= 11 is 0. The maximum absolute atomic E-state index is 10.2. The fraction of sp³-hybridized carbons (Fsp3) is 0.682. The van der Waals surface area contributed by atoms with Gasteiger partial charge in [0, 0.05) is 6.08 Å². The lowest BCUT2D eigenvalue weighted by Crippen LogP contribution is -2.05. The molecule has 3 nitrogen and oxygen atoms in total. The zero-order valence-electron chi connectivity index (χ0n) is 16.0. The first-order chi connectivity index (χ1) is 12.2. The van der Waals surface area contributed by atoms with E-state index < -0.39 is 5.97 Å². The number of carbonyl (C=O) groups is 1. The molecule has 0 bridgehead atoms. The van der Waals surface area contributed by atoms with Crippen molar-refractivity contribution in [2.75, 3.05) is 0 Å². The third-order valence-corrected chi connectivity index (χ3v) is 4.26. The van der Waals surface area contributed by atoms with Gasteiger partial charge in [0.2, 0.25) is 0 Å². The van der Waals surface area contributed by atoms with Gasteiger partial charge in [-0.3, -0.25) is 0 Å². The average Bonchev–Trinajstić information content (AvgIpc) is 2.58. The van der Waals surface area contributed by atoms with E-state index in [2.05, 4.69) is 13.0 Å². The van der Waals surface area contributed by atoms with Crippen LogP contribution in [0.4, 0.5) is 0 Å². The van der Waals surface area contributed by atoms with Crippen LogP contribution in [0.15, 0.2) is 36.5 Å². The molecular weight excluding hydrogens is 312 g/mol. The summed E-state index contributed by atoms with van der Waals surface area (Å²) in [6.45, 7) is 2.20. The second-order valence-electron chi connectivity index (χ2n) is 6.71. The Bertz CT molecular complexity index is 383. The van der Waals surface area contributed by atoms with Crippen LogP contribution in [-0.4, -0.2) is 22.3 Å². The topological polar surface area (TPSA) is 57.5 Å². The molecule has 0 rings (SSSR count). The predicted molar refractivity (Wildman–Crippen MR) is 107 cm³/mol. The van der Waals surface area contributed by atoms with E-state index in [1.54, 1.807) is 6.08 Å². The summed E-state index contributed by atoms with van der Waals surface area (Å²) in [5.74, 6) is -0.920. The number of aliphatic hydroxyl groups is 1. The number of hydrogen-bond donors (Lipinski definition) is 2. The number of carboxylic acid groups (broad SMARTS) is 1. The Kier molecular flexibility index (Phi) is 18.0. The highest BCUT2D eigenvalue weighted by molar-refractivity contribution is 5.80. The van der Waals surface area contributed by atoms with Crippen LogP contribution in [0.25, 0.3) is 0 Å². The van der Waals surface area contributed by atoms with Crippen LogP contribution in [0, 0.1) is 0 Å². The van der Waals surface area contributed by atoms with Gasteiger partial charge in [-0.1, -0.05) is 95.1 Å². The van der Waals surface area contributed by atoms with E-state index in [4.69, 9.17) is 5.11 Å². The van der Waals surface area contributed by atoms with Crippen molar-refractivity contribution in [3.05, 3.63) is 36.5 Å². The minimum Gasteiger partial charge on any atom is -0.478 e. The number of carboxylic acids is 1. The Balaban J connectivity index is 3.29. The highest BCUT2D eigenvalue weighted by Crippen LogP contribution is 2.13. The second kappa shape index (κ2) is 19.0. The number of allylic oxidation sites excluding steroid dienone is 5. The van der Waals surface area contributed by atoms with Crippen molar-refractivity contribution in [2.45, 2.75) is 96.5 Å². The fourth-order valence-electron chi connectivity index (χ4n) is 2.74. The molecule has 1 atom stereocenters. The molecule has 0 heterocycles. The molecule has 0 amide bonds. The number of aliphatic carboxylic acids is 1. The SMILES string of the molecule is CCCCCC(O)CCCCCCCCCC=CC=CC=CC(=O)O. The van der Waals surface area contributed by atoms with Crippen molar-refractivity contribution < 1.29 is 15.0 Å². The van der Waals surface area contributed by atoms with Crippen molar-refractivity contribution in [2.24, 2.45) is 0 Å². The summed E-state index contributed by atoms with van der Waals surface area (Å²) in [5.41, 5.74) is 0. The van der Waals surface area contributed by atoms with Crippen molar-refractivity contribution in [3.8, 4) is 0 Å². The highest BCUT2D eigenvalue weighted by Gasteiger charge is 2.02. The third-order valence-electron chi connectivity index (χ3n) is 4.26. The molecule has 0 aliphatic heterocycles. The van der Waals surface area contributed by atoms with Crippen LogP contribution >= 0.6 is 0 Å². The van der Waals surface area contributed by atoms with Gasteiger partial charge in [-0.05, 0) is 25.7 Å². The van der Waals surface area contributed by atoms with Crippen LogP contribution in [0.3, 0.4) is 0 Å². The quantitative estimate of drug-likeness (QED) is 0.187. The maximum atomic E-state index is 10.2. The van der Waals surface area contributed by atoms with Gasteiger partial charge in [0.15, 0.2) is 0 Å². The highest BCUT2D eigenvalue weighted by atomic mass is 16.4. The predicted octanol–water partition coefficient (Wildman–Crippen LogP) is 6.19. The standard InChI is InChI=1S/C22H38O3/c1-2-3-15-18-21(23)19-16-13-11-9-7-5-4-6-8-10-12-14-17-20-22(24)25/h8,10,12,14,17,20-21,23H,2-7,9,11,13,15-16,18-19H2,1H3,(H,24,25). The molecule has 0 spiro atoms. The first kappa shape index (κ1) is 23.6. The summed E-state index contributed by atoms with van der Waals surface area (Å²) in [7, 11) is 0. The molecule has 0 aromatic carbocycles. The van der Waals surface area contributed by atoms with Crippen molar-refractivity contribution in [3.63, 3.8) is 0 Å². The Hall–Kier alpha value is -1.35. The normalized spacial score (nSPS) is 13.4. The summed E-state index contributed by atoms with van der Waals surface area (Å²) < 4.78 is 0. The number of hydrogen-bond acceptors (Lipinski definition) is 2. The van der Waals surface area contributed by atoms with Gasteiger partial charge >= 0.3 is 5.97 Å². The zero-order chi connectivity index (χ0) is 18.6. The Labute approximate surface area is 154 Å². The van der Waals surface area contributed by atoms with Gasteiger partial charge in [-0.15, -0.1) is 0 Å². The molecule has 0 fully saturated rings. The molecule has 0 aliphatic carbocycles. The van der Waals surface area contributed by atoms with E-state index in [-0.39, 0.29) is 6.10 Å². The second-order valence-corrected chi connectivity index (χ2v) is 6.71. The Morgan fingerprint density at radius 3 is 2.00 bits per heavy atom. The number of aliphatic hydroxyl groups excluding tert-OH is 1. The summed E-state index contributed by atoms with van der Waals surface area (Å²) in [5, 5.41) is 18.3. The molecule has 0 radical (unpaired) electrons. The third kappa shape index (κ3) is 20.6. The van der Waals surface area contributed by atoms with Crippen molar-refractivity contribution in [1.29, 1.82) is 0 Å². The largest absolute Gasteiger partial charge is 0.478 e. The van der Waals surface area contributed by atoms with E-state index in [9.17, 15) is 9.90 Å². The lowest BCUT2D eigenvalue weighted by atomic mass is 10.0. The Morgan fingerprint density at radius 2 is 1.36 bits per heavy atom. The molecule has 0 saturated heterocycles. The molecule has 1 unspecified atom stereocenters. The lowest BCUT2D eigenvalue weighted by molar-refractivity contribution is -0.131. The monoisotopic (exact) mass is 350 g/mol. The lowest BCUT2D eigenvalue weighted by Gasteiger charge is -2.09. The van der Waals surface area contributed by atoms with Gasteiger partial charge in [0.05, 0.1) is 6.10 Å². The number of unbranched alkanes of at least 4 members (excludes halogenated alkanes) is 9. The van der Waals surface area contributed by atoms with Gasteiger partial charge in [-0.25, -0.2) is 4.79 Å². The average molecular weight is 351 g/mol. The molecule has 2 N–H and O–H groups in total. The molecule has 0 saturated carbocycles. The van der Waals surface area contributed by atoms with E-state index in [1.165, 1.54) is 70.3 Å².